The molecule has 2 saturated heterocycles. The molecule has 1 unspecified atom stereocenters. The van der Waals surface area contributed by atoms with E-state index in [-0.39, 0.29) is 0 Å². The molecule has 0 radical (unpaired) electrons. The Kier molecular flexibility index (Phi) is 3.55. The number of nitrogens with zero attached hydrogens (tertiary/aromatic N) is 3. The van der Waals surface area contributed by atoms with Gasteiger partial charge < -0.3 is 19.3 Å². The lowest BCUT2D eigenvalue weighted by atomic mass is 10.4. The number of rotatable bonds is 1. The third-order valence-corrected chi connectivity index (χ3v) is 3.59. The van der Waals surface area contributed by atoms with Crippen LogP contribution in [0, 0.1) is 0 Å². The lowest BCUT2D eigenvalue weighted by molar-refractivity contribution is -0.173. The summed E-state index contributed by atoms with van der Waals surface area (Å²) in [4.78, 5) is 15.6. The van der Waals surface area contributed by atoms with E-state index >= 15 is 0 Å². The summed E-state index contributed by atoms with van der Waals surface area (Å²) in [7, 11) is -3.57. The van der Waals surface area contributed by atoms with Crippen molar-refractivity contribution >= 4 is 13.5 Å². The second kappa shape index (κ2) is 4.76. The molecule has 2 fully saturated rings. The maximum Gasteiger partial charge on any atom is 0.202 e. The molecule has 6 heteroatoms. The highest BCUT2D eigenvalue weighted by Gasteiger charge is 2.24. The lowest BCUT2D eigenvalue weighted by Gasteiger charge is -2.30. The first kappa shape index (κ1) is 11.9. The van der Waals surface area contributed by atoms with Crippen molar-refractivity contribution in [2.24, 2.45) is 4.76 Å². The van der Waals surface area contributed by atoms with E-state index in [4.69, 9.17) is 0 Å². The largest absolute Gasteiger partial charge is 0.782 e. The first-order valence-electron chi connectivity index (χ1n) is 5.95. The van der Waals surface area contributed by atoms with Crippen molar-refractivity contribution in [1.29, 1.82) is 0 Å². The van der Waals surface area contributed by atoms with Crippen molar-refractivity contribution in [3.05, 3.63) is 0 Å². The highest BCUT2D eigenvalue weighted by molar-refractivity contribution is 7.54. The van der Waals surface area contributed by atoms with Gasteiger partial charge in [-0.25, -0.2) is 4.76 Å². The fraction of sp³-hybridized carbons (Fsp3) is 0.900. The zero-order valence-electron chi connectivity index (χ0n) is 9.76. The smallest absolute Gasteiger partial charge is 0.202 e. The summed E-state index contributed by atoms with van der Waals surface area (Å²) in [6.07, 6.45) is 4.55. The van der Waals surface area contributed by atoms with Gasteiger partial charge in [0.2, 0.25) is 5.96 Å². The molecule has 0 aromatic carbocycles. The van der Waals surface area contributed by atoms with Gasteiger partial charge in [0, 0.05) is 26.2 Å². The summed E-state index contributed by atoms with van der Waals surface area (Å²) < 4.78 is 15.3. The summed E-state index contributed by atoms with van der Waals surface area (Å²) >= 11 is 0. The molecular formula is C10H19N3O2P-. The van der Waals surface area contributed by atoms with Crippen LogP contribution in [0.25, 0.3) is 0 Å². The summed E-state index contributed by atoms with van der Waals surface area (Å²) in [6, 6.07) is 0. The van der Waals surface area contributed by atoms with E-state index in [2.05, 4.69) is 14.6 Å². The fourth-order valence-corrected chi connectivity index (χ4v) is 2.90. The minimum Gasteiger partial charge on any atom is -0.782 e. The van der Waals surface area contributed by atoms with Crippen LogP contribution in [0.3, 0.4) is 0 Å². The third-order valence-electron chi connectivity index (χ3n) is 3.05. The number of guanidine groups is 1. The van der Waals surface area contributed by atoms with Crippen LogP contribution in [0.2, 0.25) is 0 Å². The van der Waals surface area contributed by atoms with Gasteiger partial charge in [-0.15, -0.1) is 0 Å². The molecule has 0 saturated carbocycles. The minimum absolute atomic E-state index is 0.691. The van der Waals surface area contributed by atoms with Gasteiger partial charge >= 0.3 is 0 Å². The van der Waals surface area contributed by atoms with Gasteiger partial charge in [-0.3, -0.25) is 0 Å². The van der Waals surface area contributed by atoms with E-state index in [1.54, 1.807) is 0 Å². The summed E-state index contributed by atoms with van der Waals surface area (Å²) in [5, 5.41) is 0. The van der Waals surface area contributed by atoms with Crippen LogP contribution in [-0.4, -0.2) is 48.6 Å². The zero-order valence-corrected chi connectivity index (χ0v) is 10.7. The number of likely N-dealkylation sites (tertiary alicyclic amines) is 2. The monoisotopic (exact) mass is 244 g/mol. The van der Waals surface area contributed by atoms with E-state index in [9.17, 15) is 9.46 Å². The minimum atomic E-state index is -3.57. The molecule has 2 rings (SSSR count). The van der Waals surface area contributed by atoms with E-state index in [0.717, 1.165) is 51.9 Å². The number of hydrogen-bond acceptors (Lipinski definition) is 2. The van der Waals surface area contributed by atoms with Crippen LogP contribution in [0.15, 0.2) is 4.76 Å². The van der Waals surface area contributed by atoms with Crippen molar-refractivity contribution in [2.75, 3.05) is 32.8 Å². The van der Waals surface area contributed by atoms with Crippen molar-refractivity contribution in [3.8, 4) is 0 Å². The Morgan fingerprint density at radius 3 is 1.75 bits per heavy atom. The highest BCUT2D eigenvalue weighted by Crippen LogP contribution is 2.33. The molecule has 0 aromatic rings. The maximum absolute atomic E-state index is 11.3. The van der Waals surface area contributed by atoms with Crippen LogP contribution < -0.4 is 4.89 Å². The van der Waals surface area contributed by atoms with Gasteiger partial charge in [-0.2, -0.15) is 0 Å². The van der Waals surface area contributed by atoms with E-state index in [1.165, 1.54) is 6.66 Å². The predicted molar refractivity (Wildman–Crippen MR) is 62.6 cm³/mol. The molecule has 2 heterocycles. The van der Waals surface area contributed by atoms with Gasteiger partial charge in [0.15, 0.2) is 0 Å². The van der Waals surface area contributed by atoms with Crippen molar-refractivity contribution in [2.45, 2.75) is 25.7 Å². The molecule has 0 bridgehead atoms. The molecular weight excluding hydrogens is 225 g/mol. The molecule has 5 nitrogen and oxygen atoms in total. The molecule has 1 atom stereocenters. The van der Waals surface area contributed by atoms with E-state index < -0.39 is 7.52 Å². The van der Waals surface area contributed by atoms with Gasteiger partial charge in [-0.1, -0.05) is 0 Å². The molecule has 0 amide bonds. The van der Waals surface area contributed by atoms with Crippen LogP contribution in [0.1, 0.15) is 25.7 Å². The second-order valence-corrected chi connectivity index (χ2v) is 6.40. The first-order valence-corrected chi connectivity index (χ1v) is 7.97. The Hall–Kier alpha value is -0.540. The standard InChI is InChI=1S/C10H20N3O2P/c1-16(14,15)11-10(12-6-2-3-7-12)13-8-4-5-9-13/h2-9H2,1H3,(H,14,15)/p-1. The van der Waals surface area contributed by atoms with Gasteiger partial charge in [0.05, 0.1) is 0 Å². The Bertz CT molecular complexity index is 296. The van der Waals surface area contributed by atoms with Crippen molar-refractivity contribution < 1.29 is 9.46 Å². The van der Waals surface area contributed by atoms with Gasteiger partial charge in [0.25, 0.3) is 0 Å². The Balaban J connectivity index is 2.17. The SMILES string of the molecule is CP(=O)([O-])N=C(N1CCCC1)N1CCCC1. The molecule has 0 spiro atoms. The number of hydrogen-bond donors (Lipinski definition) is 0. The fourth-order valence-electron chi connectivity index (χ4n) is 2.32. The van der Waals surface area contributed by atoms with Crippen molar-refractivity contribution in [3.63, 3.8) is 0 Å². The molecule has 2 aliphatic heterocycles. The Morgan fingerprint density at radius 1 is 1.06 bits per heavy atom. The molecule has 92 valence electrons. The Morgan fingerprint density at radius 2 is 1.44 bits per heavy atom. The zero-order chi connectivity index (χ0) is 11.6. The highest BCUT2D eigenvalue weighted by atomic mass is 31.2. The first-order chi connectivity index (χ1) is 7.56. The molecule has 0 N–H and O–H groups in total. The molecule has 0 aliphatic carbocycles. The van der Waals surface area contributed by atoms with Crippen LogP contribution in [0.5, 0.6) is 0 Å². The van der Waals surface area contributed by atoms with Crippen LogP contribution in [-0.2, 0) is 4.57 Å². The quantitative estimate of drug-likeness (QED) is 0.387. The predicted octanol–water partition coefficient (Wildman–Crippen LogP) is 0.717. The Labute approximate surface area is 96.7 Å². The molecule has 2 aliphatic rings. The average molecular weight is 244 g/mol. The average Bonchev–Trinajstić information content (AvgIpc) is 2.86. The summed E-state index contributed by atoms with van der Waals surface area (Å²) in [5.74, 6) is 0.691. The normalized spacial score (nSPS) is 24.6. The molecule has 16 heavy (non-hydrogen) atoms. The van der Waals surface area contributed by atoms with Crippen molar-refractivity contribution in [1.82, 2.24) is 9.80 Å². The van der Waals surface area contributed by atoms with E-state index in [1.807, 2.05) is 0 Å². The second-order valence-electron chi connectivity index (χ2n) is 4.59. The topological polar surface area (TPSA) is 59.0 Å². The molecule has 0 aromatic heterocycles. The lowest BCUT2D eigenvalue weighted by Crippen LogP contribution is -2.41. The van der Waals surface area contributed by atoms with Gasteiger partial charge in [0.1, 0.15) is 7.52 Å². The van der Waals surface area contributed by atoms with E-state index in [0.29, 0.717) is 5.96 Å². The van der Waals surface area contributed by atoms with Gasteiger partial charge in [-0.05, 0) is 32.3 Å². The van der Waals surface area contributed by atoms with Crippen LogP contribution in [0.4, 0.5) is 0 Å². The summed E-state index contributed by atoms with van der Waals surface area (Å²) in [5.41, 5.74) is 0. The maximum atomic E-state index is 11.3. The summed E-state index contributed by atoms with van der Waals surface area (Å²) in [6.45, 7) is 4.95. The third kappa shape index (κ3) is 2.98. The van der Waals surface area contributed by atoms with Crippen LogP contribution >= 0.6 is 7.52 Å².